The summed E-state index contributed by atoms with van der Waals surface area (Å²) in [6, 6.07) is 6.07. The SMILES string of the molecule is Cc1nccn1-c1ccc(C2(N=C=O)CC2)cc1Br. The number of isocyanates is 1. The molecule has 3 rings (SSSR count). The number of aliphatic imine (C=N–C) groups is 1. The maximum atomic E-state index is 10.5. The molecule has 1 aliphatic rings. The lowest BCUT2D eigenvalue weighted by Crippen LogP contribution is -2.04. The number of aromatic nitrogens is 2. The summed E-state index contributed by atoms with van der Waals surface area (Å²) in [5.74, 6) is 0.931. The standard InChI is InChI=1S/C14H12BrN3O/c1-10-16-6-7-18(10)13-3-2-11(8-12(13)15)14(4-5-14)17-9-19/h2-3,6-8H,4-5H2,1H3. The second kappa shape index (κ2) is 4.44. The maximum absolute atomic E-state index is 10.5. The van der Waals surface area contributed by atoms with Crippen molar-refractivity contribution in [2.75, 3.05) is 0 Å². The quantitative estimate of drug-likeness (QED) is 0.644. The molecule has 0 atom stereocenters. The minimum absolute atomic E-state index is 0.327. The van der Waals surface area contributed by atoms with E-state index in [4.69, 9.17) is 0 Å². The van der Waals surface area contributed by atoms with Crippen LogP contribution in [0.25, 0.3) is 5.69 Å². The molecular formula is C14H12BrN3O. The molecule has 5 heteroatoms. The Bertz CT molecular complexity index is 682. The van der Waals surface area contributed by atoms with Crippen LogP contribution in [0, 0.1) is 6.92 Å². The van der Waals surface area contributed by atoms with Gasteiger partial charge in [-0.3, -0.25) is 0 Å². The second-order valence-electron chi connectivity index (χ2n) is 4.75. The van der Waals surface area contributed by atoms with Crippen LogP contribution in [0.1, 0.15) is 24.2 Å². The Kier molecular flexibility index (Phi) is 2.88. The Hall–Kier alpha value is -1.71. The molecule has 1 aromatic heterocycles. The highest BCUT2D eigenvalue weighted by Gasteiger charge is 2.45. The van der Waals surface area contributed by atoms with Gasteiger partial charge in [0.25, 0.3) is 0 Å². The Morgan fingerprint density at radius 3 is 2.79 bits per heavy atom. The summed E-state index contributed by atoms with van der Waals surface area (Å²) < 4.78 is 2.98. The first kappa shape index (κ1) is 12.3. The van der Waals surface area contributed by atoms with E-state index in [1.54, 1.807) is 12.3 Å². The van der Waals surface area contributed by atoms with E-state index in [-0.39, 0.29) is 5.54 Å². The van der Waals surface area contributed by atoms with Crippen molar-refractivity contribution in [2.24, 2.45) is 4.99 Å². The third-order valence-corrected chi connectivity index (χ3v) is 4.19. The summed E-state index contributed by atoms with van der Waals surface area (Å²) in [5, 5.41) is 0. The summed E-state index contributed by atoms with van der Waals surface area (Å²) in [4.78, 5) is 18.7. The topological polar surface area (TPSA) is 47.2 Å². The van der Waals surface area contributed by atoms with Crippen LogP contribution in [-0.2, 0) is 10.3 Å². The van der Waals surface area contributed by atoms with Gasteiger partial charge in [-0.25, -0.2) is 9.78 Å². The summed E-state index contributed by atoms with van der Waals surface area (Å²) >= 11 is 3.59. The van der Waals surface area contributed by atoms with Crippen LogP contribution < -0.4 is 0 Å². The van der Waals surface area contributed by atoms with Gasteiger partial charge in [0.05, 0.1) is 11.2 Å². The smallest absolute Gasteiger partial charge is 0.235 e. The molecule has 2 aromatic rings. The number of aryl methyl sites for hydroxylation is 1. The summed E-state index contributed by atoms with van der Waals surface area (Å²) in [7, 11) is 0. The van der Waals surface area contributed by atoms with Gasteiger partial charge in [0, 0.05) is 16.9 Å². The van der Waals surface area contributed by atoms with Crippen molar-refractivity contribution >= 4 is 22.0 Å². The monoisotopic (exact) mass is 317 g/mol. The lowest BCUT2D eigenvalue weighted by molar-refractivity contribution is 0.556. The van der Waals surface area contributed by atoms with Crippen LogP contribution >= 0.6 is 15.9 Å². The third-order valence-electron chi connectivity index (χ3n) is 3.55. The lowest BCUT2D eigenvalue weighted by atomic mass is 10.1. The molecule has 1 heterocycles. The number of carbonyl (C=O) groups excluding carboxylic acids is 1. The average molecular weight is 318 g/mol. The summed E-state index contributed by atoms with van der Waals surface area (Å²) in [6.07, 6.45) is 7.21. The van der Waals surface area contributed by atoms with Crippen LogP contribution in [0.15, 0.2) is 40.1 Å². The molecule has 0 N–H and O–H groups in total. The Balaban J connectivity index is 2.04. The maximum Gasteiger partial charge on any atom is 0.235 e. The Morgan fingerprint density at radius 2 is 2.26 bits per heavy atom. The molecule has 4 nitrogen and oxygen atoms in total. The Morgan fingerprint density at radius 1 is 1.47 bits per heavy atom. The molecule has 0 radical (unpaired) electrons. The first-order chi connectivity index (χ1) is 9.16. The molecule has 0 aliphatic heterocycles. The average Bonchev–Trinajstić information content (AvgIpc) is 3.05. The molecular weight excluding hydrogens is 306 g/mol. The van der Waals surface area contributed by atoms with Crippen molar-refractivity contribution in [3.05, 3.63) is 46.5 Å². The van der Waals surface area contributed by atoms with E-state index in [2.05, 4.69) is 25.9 Å². The van der Waals surface area contributed by atoms with E-state index in [0.717, 1.165) is 34.4 Å². The molecule has 1 saturated carbocycles. The van der Waals surface area contributed by atoms with E-state index in [9.17, 15) is 4.79 Å². The van der Waals surface area contributed by atoms with Gasteiger partial charge in [-0.2, -0.15) is 4.99 Å². The number of nitrogens with zero attached hydrogens (tertiary/aromatic N) is 3. The largest absolute Gasteiger partial charge is 0.303 e. The number of hydrogen-bond acceptors (Lipinski definition) is 3. The van der Waals surface area contributed by atoms with Gasteiger partial charge < -0.3 is 4.57 Å². The summed E-state index contributed by atoms with van der Waals surface area (Å²) in [6.45, 7) is 1.96. The number of imidazole rings is 1. The van der Waals surface area contributed by atoms with Crippen molar-refractivity contribution in [2.45, 2.75) is 25.3 Å². The molecule has 0 spiro atoms. The van der Waals surface area contributed by atoms with Crippen LogP contribution in [0.3, 0.4) is 0 Å². The normalized spacial score (nSPS) is 15.9. The van der Waals surface area contributed by atoms with E-state index in [1.165, 1.54) is 0 Å². The molecule has 19 heavy (non-hydrogen) atoms. The Labute approximate surface area is 119 Å². The van der Waals surface area contributed by atoms with Gasteiger partial charge in [0.2, 0.25) is 6.08 Å². The second-order valence-corrected chi connectivity index (χ2v) is 5.60. The van der Waals surface area contributed by atoms with Gasteiger partial charge in [-0.15, -0.1) is 0 Å². The highest BCUT2D eigenvalue weighted by Crippen LogP contribution is 2.50. The van der Waals surface area contributed by atoms with Gasteiger partial charge in [0.1, 0.15) is 5.82 Å². The van der Waals surface area contributed by atoms with Crippen molar-refractivity contribution in [3.8, 4) is 5.69 Å². The van der Waals surface area contributed by atoms with Crippen molar-refractivity contribution in [1.29, 1.82) is 0 Å². The van der Waals surface area contributed by atoms with E-state index in [1.807, 2.05) is 35.9 Å². The highest BCUT2D eigenvalue weighted by molar-refractivity contribution is 9.10. The lowest BCUT2D eigenvalue weighted by Gasteiger charge is -2.12. The summed E-state index contributed by atoms with van der Waals surface area (Å²) in [5.41, 5.74) is 1.76. The fraction of sp³-hybridized carbons (Fsp3) is 0.286. The minimum Gasteiger partial charge on any atom is -0.303 e. The van der Waals surface area contributed by atoms with Crippen LogP contribution in [-0.4, -0.2) is 15.6 Å². The van der Waals surface area contributed by atoms with E-state index < -0.39 is 0 Å². The van der Waals surface area contributed by atoms with Gasteiger partial charge in [-0.1, -0.05) is 6.07 Å². The number of benzene rings is 1. The molecule has 0 saturated heterocycles. The van der Waals surface area contributed by atoms with Crippen molar-refractivity contribution in [1.82, 2.24) is 9.55 Å². The zero-order valence-corrected chi connectivity index (χ0v) is 12.0. The molecule has 0 unspecified atom stereocenters. The first-order valence-electron chi connectivity index (χ1n) is 6.06. The zero-order valence-electron chi connectivity index (χ0n) is 10.4. The van der Waals surface area contributed by atoms with Crippen molar-refractivity contribution < 1.29 is 4.79 Å². The minimum atomic E-state index is -0.327. The zero-order chi connectivity index (χ0) is 13.5. The van der Waals surface area contributed by atoms with Gasteiger partial charge in [-0.05, 0) is 53.4 Å². The van der Waals surface area contributed by atoms with Gasteiger partial charge >= 0.3 is 0 Å². The predicted molar refractivity (Wildman–Crippen MR) is 75.0 cm³/mol. The fourth-order valence-corrected chi connectivity index (χ4v) is 2.86. The van der Waals surface area contributed by atoms with Crippen LogP contribution in [0.4, 0.5) is 0 Å². The molecule has 0 bridgehead atoms. The highest BCUT2D eigenvalue weighted by atomic mass is 79.9. The molecule has 1 fully saturated rings. The van der Waals surface area contributed by atoms with Gasteiger partial charge in [0.15, 0.2) is 0 Å². The van der Waals surface area contributed by atoms with Crippen LogP contribution in [0.5, 0.6) is 0 Å². The molecule has 96 valence electrons. The molecule has 0 amide bonds. The van der Waals surface area contributed by atoms with E-state index >= 15 is 0 Å². The number of halogens is 1. The fourth-order valence-electron chi connectivity index (χ4n) is 2.30. The first-order valence-corrected chi connectivity index (χ1v) is 6.85. The van der Waals surface area contributed by atoms with E-state index in [0.29, 0.717) is 0 Å². The third kappa shape index (κ3) is 2.05. The number of rotatable bonds is 3. The number of hydrogen-bond donors (Lipinski definition) is 0. The molecule has 1 aromatic carbocycles. The van der Waals surface area contributed by atoms with Crippen molar-refractivity contribution in [3.63, 3.8) is 0 Å². The molecule has 1 aliphatic carbocycles. The van der Waals surface area contributed by atoms with Crippen LogP contribution in [0.2, 0.25) is 0 Å². The predicted octanol–water partition coefficient (Wildman–Crippen LogP) is 3.27.